The third-order valence-corrected chi connectivity index (χ3v) is 2.89. The summed E-state index contributed by atoms with van der Waals surface area (Å²) in [6.45, 7) is 1.81. The van der Waals surface area contributed by atoms with Gasteiger partial charge in [0.05, 0.1) is 28.4 Å². The maximum atomic E-state index is 11.0. The van der Waals surface area contributed by atoms with Crippen LogP contribution < -0.4 is 4.74 Å². The molecule has 1 N–H and O–H groups in total. The van der Waals surface area contributed by atoms with Crippen LogP contribution in [0.3, 0.4) is 0 Å². The van der Waals surface area contributed by atoms with E-state index in [1.807, 2.05) is 13.0 Å². The molecule has 0 radical (unpaired) electrons. The number of carbonyl (C=O) groups is 1. The van der Waals surface area contributed by atoms with E-state index in [2.05, 4.69) is 4.98 Å². The number of hydrogen-bond donors (Lipinski definition) is 1. The smallest absolute Gasteiger partial charge is 0.337 e. The van der Waals surface area contributed by atoms with E-state index in [9.17, 15) is 4.79 Å². The Hall–Kier alpha value is -2.58. The van der Waals surface area contributed by atoms with Gasteiger partial charge in [0.2, 0.25) is 5.88 Å². The van der Waals surface area contributed by atoms with Gasteiger partial charge in [0.15, 0.2) is 0 Å². The summed E-state index contributed by atoms with van der Waals surface area (Å²) in [5, 5.41) is 17.9. The van der Waals surface area contributed by atoms with Gasteiger partial charge in [0.25, 0.3) is 0 Å². The molecule has 0 spiro atoms. The number of ether oxygens (including phenoxy) is 1. The zero-order valence-electron chi connectivity index (χ0n) is 10.4. The summed E-state index contributed by atoms with van der Waals surface area (Å²) in [6.07, 6.45) is 1.21. The first-order chi connectivity index (χ1) is 9.51. The average Bonchev–Trinajstić information content (AvgIpc) is 2.43. The van der Waals surface area contributed by atoms with Crippen LogP contribution in [0.4, 0.5) is 0 Å². The van der Waals surface area contributed by atoms with Gasteiger partial charge in [0, 0.05) is 6.07 Å². The lowest BCUT2D eigenvalue weighted by Gasteiger charge is -2.09. The molecule has 6 heteroatoms. The molecule has 5 nitrogen and oxygen atoms in total. The standard InChI is InChI=1S/C14H9ClN2O3/c1-8-2-3-9(6-16)4-12(8)20-13-5-10(14(18)19)11(15)7-17-13/h2-5,7H,1H3,(H,18,19). The Morgan fingerprint density at radius 1 is 1.45 bits per heavy atom. The molecule has 0 saturated heterocycles. The van der Waals surface area contributed by atoms with Gasteiger partial charge in [-0.25, -0.2) is 9.78 Å². The summed E-state index contributed by atoms with van der Waals surface area (Å²) >= 11 is 5.73. The Bertz CT molecular complexity index is 723. The third kappa shape index (κ3) is 2.87. The van der Waals surface area contributed by atoms with Crippen LogP contribution in [0.15, 0.2) is 30.5 Å². The first kappa shape index (κ1) is 13.8. The van der Waals surface area contributed by atoms with Crippen LogP contribution >= 0.6 is 11.6 Å². The van der Waals surface area contributed by atoms with Crippen molar-refractivity contribution in [2.45, 2.75) is 6.92 Å². The van der Waals surface area contributed by atoms with Crippen LogP contribution in [-0.4, -0.2) is 16.1 Å². The van der Waals surface area contributed by atoms with Crippen molar-refractivity contribution >= 4 is 17.6 Å². The van der Waals surface area contributed by atoms with Gasteiger partial charge < -0.3 is 9.84 Å². The van der Waals surface area contributed by atoms with Gasteiger partial charge in [-0.3, -0.25) is 0 Å². The van der Waals surface area contributed by atoms with Crippen molar-refractivity contribution in [3.63, 3.8) is 0 Å². The Morgan fingerprint density at radius 3 is 2.85 bits per heavy atom. The quantitative estimate of drug-likeness (QED) is 0.935. The number of aromatic nitrogens is 1. The normalized spacial score (nSPS) is 9.85. The number of nitrogens with zero attached hydrogens (tertiary/aromatic N) is 2. The van der Waals surface area contributed by atoms with E-state index in [-0.39, 0.29) is 16.5 Å². The van der Waals surface area contributed by atoms with Gasteiger partial charge in [0.1, 0.15) is 5.75 Å². The molecule has 0 aliphatic carbocycles. The highest BCUT2D eigenvalue weighted by Crippen LogP contribution is 2.27. The van der Waals surface area contributed by atoms with Crippen LogP contribution in [0.25, 0.3) is 0 Å². The molecule has 0 aliphatic rings. The molecule has 2 aromatic rings. The van der Waals surface area contributed by atoms with Crippen molar-refractivity contribution in [2.24, 2.45) is 0 Å². The third-order valence-electron chi connectivity index (χ3n) is 2.59. The summed E-state index contributed by atoms with van der Waals surface area (Å²) in [7, 11) is 0. The van der Waals surface area contributed by atoms with Crippen molar-refractivity contribution in [3.05, 3.63) is 52.2 Å². The van der Waals surface area contributed by atoms with E-state index in [0.717, 1.165) is 5.56 Å². The van der Waals surface area contributed by atoms with Gasteiger partial charge in [-0.05, 0) is 24.6 Å². The number of rotatable bonds is 3. The van der Waals surface area contributed by atoms with Crippen LogP contribution in [0, 0.1) is 18.3 Å². The van der Waals surface area contributed by atoms with Crippen LogP contribution in [-0.2, 0) is 0 Å². The maximum Gasteiger partial charge on any atom is 0.337 e. The van der Waals surface area contributed by atoms with Crippen LogP contribution in [0.5, 0.6) is 11.6 Å². The zero-order chi connectivity index (χ0) is 14.7. The number of aryl methyl sites for hydroxylation is 1. The lowest BCUT2D eigenvalue weighted by Crippen LogP contribution is -2.00. The van der Waals surface area contributed by atoms with Crippen molar-refractivity contribution < 1.29 is 14.6 Å². The number of halogens is 1. The molecule has 0 unspecified atom stereocenters. The topological polar surface area (TPSA) is 83.2 Å². The van der Waals surface area contributed by atoms with Crippen LogP contribution in [0.1, 0.15) is 21.5 Å². The Morgan fingerprint density at radius 2 is 2.20 bits per heavy atom. The second-order valence-electron chi connectivity index (χ2n) is 4.00. The predicted octanol–water partition coefficient (Wildman–Crippen LogP) is 3.41. The average molecular weight is 289 g/mol. The molecule has 1 aromatic carbocycles. The fraction of sp³-hybridized carbons (Fsp3) is 0.0714. The SMILES string of the molecule is Cc1ccc(C#N)cc1Oc1cc(C(=O)O)c(Cl)cn1. The second kappa shape index (κ2) is 5.59. The molecule has 0 amide bonds. The Labute approximate surface area is 120 Å². The number of aromatic carboxylic acids is 1. The Balaban J connectivity index is 2.38. The van der Waals surface area contributed by atoms with E-state index in [4.69, 9.17) is 26.7 Å². The molecule has 0 aliphatic heterocycles. The molecule has 20 heavy (non-hydrogen) atoms. The lowest BCUT2D eigenvalue weighted by atomic mass is 10.1. The fourth-order valence-corrected chi connectivity index (χ4v) is 1.72. The number of pyridine rings is 1. The highest BCUT2D eigenvalue weighted by Gasteiger charge is 2.12. The monoisotopic (exact) mass is 288 g/mol. The maximum absolute atomic E-state index is 11.0. The van der Waals surface area contributed by atoms with Gasteiger partial charge >= 0.3 is 5.97 Å². The summed E-state index contributed by atoms with van der Waals surface area (Å²) in [5.74, 6) is -0.620. The van der Waals surface area contributed by atoms with E-state index in [1.165, 1.54) is 12.3 Å². The highest BCUT2D eigenvalue weighted by molar-refractivity contribution is 6.33. The molecule has 1 heterocycles. The summed E-state index contributed by atoms with van der Waals surface area (Å²) in [6, 6.07) is 8.21. The number of hydrogen-bond acceptors (Lipinski definition) is 4. The number of benzene rings is 1. The molecular weight excluding hydrogens is 280 g/mol. The van der Waals surface area contributed by atoms with Crippen molar-refractivity contribution in [1.82, 2.24) is 4.98 Å². The minimum atomic E-state index is -1.16. The first-order valence-electron chi connectivity index (χ1n) is 5.58. The number of carboxylic acid groups (broad SMARTS) is 1. The molecule has 0 atom stereocenters. The number of nitriles is 1. The second-order valence-corrected chi connectivity index (χ2v) is 4.41. The van der Waals surface area contributed by atoms with E-state index >= 15 is 0 Å². The molecular formula is C14H9ClN2O3. The predicted molar refractivity (Wildman–Crippen MR) is 72.2 cm³/mol. The Kier molecular flexibility index (Phi) is 3.87. The number of carboxylic acids is 1. The minimum Gasteiger partial charge on any atom is -0.478 e. The summed E-state index contributed by atoms with van der Waals surface area (Å²) < 4.78 is 5.51. The molecule has 100 valence electrons. The van der Waals surface area contributed by atoms with Crippen molar-refractivity contribution in [1.29, 1.82) is 5.26 Å². The van der Waals surface area contributed by atoms with E-state index < -0.39 is 5.97 Å². The molecule has 0 bridgehead atoms. The van der Waals surface area contributed by atoms with Crippen LogP contribution in [0.2, 0.25) is 5.02 Å². The summed E-state index contributed by atoms with van der Waals surface area (Å²) in [5.41, 5.74) is 1.15. The van der Waals surface area contributed by atoms with Gasteiger partial charge in [-0.1, -0.05) is 17.7 Å². The lowest BCUT2D eigenvalue weighted by molar-refractivity contribution is 0.0696. The van der Waals surface area contributed by atoms with Gasteiger partial charge in [-0.2, -0.15) is 5.26 Å². The van der Waals surface area contributed by atoms with Gasteiger partial charge in [-0.15, -0.1) is 0 Å². The molecule has 0 saturated carbocycles. The minimum absolute atomic E-state index is 0.0346. The fourth-order valence-electron chi connectivity index (χ4n) is 1.53. The molecule has 2 rings (SSSR count). The zero-order valence-corrected chi connectivity index (χ0v) is 11.2. The summed E-state index contributed by atoms with van der Waals surface area (Å²) in [4.78, 5) is 14.9. The largest absolute Gasteiger partial charge is 0.478 e. The van der Waals surface area contributed by atoms with E-state index in [1.54, 1.807) is 18.2 Å². The highest BCUT2D eigenvalue weighted by atomic mass is 35.5. The first-order valence-corrected chi connectivity index (χ1v) is 5.96. The van der Waals surface area contributed by atoms with Crippen molar-refractivity contribution in [2.75, 3.05) is 0 Å². The van der Waals surface area contributed by atoms with E-state index in [0.29, 0.717) is 11.3 Å². The van der Waals surface area contributed by atoms with Crippen molar-refractivity contribution in [3.8, 4) is 17.7 Å². The molecule has 1 aromatic heterocycles. The molecule has 0 fully saturated rings.